The number of likely N-dealkylation sites (tertiary alicyclic amines) is 1. The minimum atomic E-state index is -0.560. The Morgan fingerprint density at radius 1 is 1.35 bits per heavy atom. The monoisotopic (exact) mass is 324 g/mol. The maximum absolute atomic E-state index is 13.9. The number of pyridine rings is 1. The summed E-state index contributed by atoms with van der Waals surface area (Å²) in [4.78, 5) is 28.4. The normalized spacial score (nSPS) is 15.1. The Morgan fingerprint density at radius 2 is 2.00 bits per heavy atom. The second kappa shape index (κ2) is 6.52. The SMILES string of the molecule is CC(=O)OCc1ccc(F)c(C2CN(C(=O)OC(C)(C)C)C2)n1. The fraction of sp³-hybridized carbons (Fsp3) is 0.562. The van der Waals surface area contributed by atoms with Crippen molar-refractivity contribution in [2.24, 2.45) is 0 Å². The van der Waals surface area contributed by atoms with Crippen LogP contribution in [0.15, 0.2) is 12.1 Å². The molecule has 2 rings (SSSR count). The molecule has 0 aliphatic carbocycles. The molecule has 1 aliphatic rings. The minimum Gasteiger partial charge on any atom is -0.459 e. The molecule has 2 heterocycles. The van der Waals surface area contributed by atoms with Gasteiger partial charge in [0.05, 0.1) is 11.4 Å². The van der Waals surface area contributed by atoms with Crippen LogP contribution in [0.4, 0.5) is 9.18 Å². The summed E-state index contributed by atoms with van der Waals surface area (Å²) in [7, 11) is 0. The third kappa shape index (κ3) is 4.64. The van der Waals surface area contributed by atoms with Crippen molar-refractivity contribution in [2.45, 2.75) is 45.8 Å². The van der Waals surface area contributed by atoms with Gasteiger partial charge in [0.1, 0.15) is 18.0 Å². The van der Waals surface area contributed by atoms with Crippen LogP contribution in [0.5, 0.6) is 0 Å². The standard InChI is InChI=1S/C16H21FN2O4/c1-10(20)22-9-12-5-6-13(17)14(18-12)11-7-19(8-11)15(21)23-16(2,3)4/h5-6,11H,7-9H2,1-4H3. The summed E-state index contributed by atoms with van der Waals surface area (Å²) in [6.07, 6.45) is -0.412. The van der Waals surface area contributed by atoms with Crippen LogP contribution in [-0.2, 0) is 20.9 Å². The highest BCUT2D eigenvalue weighted by atomic mass is 19.1. The van der Waals surface area contributed by atoms with Crippen molar-refractivity contribution in [1.82, 2.24) is 9.88 Å². The van der Waals surface area contributed by atoms with Crippen molar-refractivity contribution in [1.29, 1.82) is 0 Å². The Hall–Kier alpha value is -2.18. The molecule has 7 heteroatoms. The number of hydrogen-bond acceptors (Lipinski definition) is 5. The predicted molar refractivity (Wildman–Crippen MR) is 80.2 cm³/mol. The number of carbonyl (C=O) groups is 2. The summed E-state index contributed by atoms with van der Waals surface area (Å²) in [6.45, 7) is 7.40. The summed E-state index contributed by atoms with van der Waals surface area (Å²) in [5.41, 5.74) is 0.206. The first-order valence-electron chi connectivity index (χ1n) is 7.42. The van der Waals surface area contributed by atoms with Crippen LogP contribution in [0.25, 0.3) is 0 Å². The van der Waals surface area contributed by atoms with Gasteiger partial charge in [-0.15, -0.1) is 0 Å². The average Bonchev–Trinajstić information content (AvgIpc) is 2.35. The van der Waals surface area contributed by atoms with Crippen molar-refractivity contribution >= 4 is 12.1 Å². The van der Waals surface area contributed by atoms with E-state index in [4.69, 9.17) is 9.47 Å². The summed E-state index contributed by atoms with van der Waals surface area (Å²) in [5, 5.41) is 0. The van der Waals surface area contributed by atoms with E-state index in [1.54, 1.807) is 20.8 Å². The highest BCUT2D eigenvalue weighted by Gasteiger charge is 2.36. The fourth-order valence-electron chi connectivity index (χ4n) is 2.17. The molecule has 0 unspecified atom stereocenters. The van der Waals surface area contributed by atoms with Gasteiger partial charge in [-0.25, -0.2) is 9.18 Å². The topological polar surface area (TPSA) is 68.7 Å². The van der Waals surface area contributed by atoms with Crippen LogP contribution < -0.4 is 0 Å². The van der Waals surface area contributed by atoms with Crippen LogP contribution in [0.1, 0.15) is 45.0 Å². The number of ether oxygens (including phenoxy) is 2. The van der Waals surface area contributed by atoms with Crippen LogP contribution >= 0.6 is 0 Å². The lowest BCUT2D eigenvalue weighted by atomic mass is 9.95. The Bertz CT molecular complexity index is 607. The van der Waals surface area contributed by atoms with Crippen molar-refractivity contribution in [3.63, 3.8) is 0 Å². The van der Waals surface area contributed by atoms with Gasteiger partial charge in [0.15, 0.2) is 0 Å². The second-order valence-electron chi connectivity index (χ2n) is 6.53. The number of halogens is 1. The molecule has 0 N–H and O–H groups in total. The van der Waals surface area contributed by atoms with Crippen LogP contribution in [-0.4, -0.2) is 40.6 Å². The van der Waals surface area contributed by atoms with Crippen molar-refractivity contribution in [3.05, 3.63) is 29.3 Å². The minimum absolute atomic E-state index is 0.00507. The molecule has 0 saturated carbocycles. The Balaban J connectivity index is 1.97. The molecule has 0 radical (unpaired) electrons. The van der Waals surface area contributed by atoms with E-state index >= 15 is 0 Å². The highest BCUT2D eigenvalue weighted by Crippen LogP contribution is 2.29. The van der Waals surface area contributed by atoms with Crippen molar-refractivity contribution in [3.8, 4) is 0 Å². The quantitative estimate of drug-likeness (QED) is 0.800. The number of esters is 1. The highest BCUT2D eigenvalue weighted by molar-refractivity contribution is 5.69. The summed E-state index contributed by atoms with van der Waals surface area (Å²) < 4.78 is 24.1. The van der Waals surface area contributed by atoms with Gasteiger partial charge < -0.3 is 14.4 Å². The largest absolute Gasteiger partial charge is 0.459 e. The van der Waals surface area contributed by atoms with E-state index in [1.807, 2.05) is 0 Å². The molecule has 1 aromatic heterocycles. The zero-order valence-electron chi connectivity index (χ0n) is 13.8. The van der Waals surface area contributed by atoms with Crippen molar-refractivity contribution in [2.75, 3.05) is 13.1 Å². The number of carbonyl (C=O) groups excluding carboxylic acids is 2. The third-order valence-corrected chi connectivity index (χ3v) is 3.27. The average molecular weight is 324 g/mol. The number of aromatic nitrogens is 1. The Kier molecular flexibility index (Phi) is 4.87. The molecule has 0 spiro atoms. The van der Waals surface area contributed by atoms with E-state index in [0.717, 1.165) is 0 Å². The predicted octanol–water partition coefficient (Wildman–Crippen LogP) is 2.62. The van der Waals surface area contributed by atoms with E-state index in [-0.39, 0.29) is 18.2 Å². The van der Waals surface area contributed by atoms with Gasteiger partial charge >= 0.3 is 12.1 Å². The van der Waals surface area contributed by atoms with Gasteiger partial charge in [0.25, 0.3) is 0 Å². The third-order valence-electron chi connectivity index (χ3n) is 3.27. The van der Waals surface area contributed by atoms with Gasteiger partial charge in [-0.3, -0.25) is 9.78 Å². The van der Waals surface area contributed by atoms with Gasteiger partial charge in [-0.05, 0) is 32.9 Å². The molecule has 1 amide bonds. The van der Waals surface area contributed by atoms with E-state index in [9.17, 15) is 14.0 Å². The lowest BCUT2D eigenvalue weighted by Gasteiger charge is -2.39. The second-order valence-corrected chi connectivity index (χ2v) is 6.53. The van der Waals surface area contributed by atoms with E-state index in [2.05, 4.69) is 4.98 Å². The molecule has 0 aromatic carbocycles. The van der Waals surface area contributed by atoms with Crippen LogP contribution in [0, 0.1) is 5.82 Å². The first-order valence-corrected chi connectivity index (χ1v) is 7.42. The molecule has 6 nitrogen and oxygen atoms in total. The maximum atomic E-state index is 13.9. The summed E-state index contributed by atoms with van der Waals surface area (Å²) >= 11 is 0. The van der Waals surface area contributed by atoms with Crippen LogP contribution in [0.3, 0.4) is 0 Å². The molecule has 1 fully saturated rings. The molecule has 1 aromatic rings. The zero-order valence-corrected chi connectivity index (χ0v) is 13.8. The lowest BCUT2D eigenvalue weighted by Crippen LogP contribution is -2.50. The molecule has 0 bridgehead atoms. The van der Waals surface area contributed by atoms with E-state index in [1.165, 1.54) is 24.0 Å². The van der Waals surface area contributed by atoms with Crippen LogP contribution in [0.2, 0.25) is 0 Å². The van der Waals surface area contributed by atoms with Gasteiger partial charge in [-0.2, -0.15) is 0 Å². The van der Waals surface area contributed by atoms with Crippen molar-refractivity contribution < 1.29 is 23.5 Å². The molecular weight excluding hydrogens is 303 g/mol. The Morgan fingerprint density at radius 3 is 2.57 bits per heavy atom. The summed E-state index contributed by atoms with van der Waals surface area (Å²) in [5.74, 6) is -1.03. The van der Waals surface area contributed by atoms with Gasteiger partial charge in [0.2, 0.25) is 0 Å². The number of nitrogens with zero attached hydrogens (tertiary/aromatic N) is 2. The number of rotatable bonds is 3. The molecule has 126 valence electrons. The van der Waals surface area contributed by atoms with Gasteiger partial charge in [-0.1, -0.05) is 0 Å². The number of amides is 1. The van der Waals surface area contributed by atoms with Gasteiger partial charge in [0, 0.05) is 25.9 Å². The zero-order chi connectivity index (χ0) is 17.2. The molecular formula is C16H21FN2O4. The molecule has 23 heavy (non-hydrogen) atoms. The first-order chi connectivity index (χ1) is 10.7. The molecule has 0 atom stereocenters. The number of hydrogen-bond donors (Lipinski definition) is 0. The first kappa shape index (κ1) is 17.2. The smallest absolute Gasteiger partial charge is 0.410 e. The Labute approximate surface area is 134 Å². The maximum Gasteiger partial charge on any atom is 0.410 e. The van der Waals surface area contributed by atoms with E-state index in [0.29, 0.717) is 18.8 Å². The fourth-order valence-corrected chi connectivity index (χ4v) is 2.17. The summed E-state index contributed by atoms with van der Waals surface area (Å²) in [6, 6.07) is 2.78. The molecule has 1 saturated heterocycles. The lowest BCUT2D eigenvalue weighted by molar-refractivity contribution is -0.142. The molecule has 1 aliphatic heterocycles. The van der Waals surface area contributed by atoms with E-state index < -0.39 is 23.5 Å².